The van der Waals surface area contributed by atoms with Gasteiger partial charge in [-0.1, -0.05) is 12.1 Å². The minimum atomic E-state index is -3.62. The number of amides is 4. The molecule has 2 aliphatic heterocycles. The minimum Gasteiger partial charge on any atom is -0.283 e. The van der Waals surface area contributed by atoms with Crippen LogP contribution in [0.1, 0.15) is 25.0 Å². The van der Waals surface area contributed by atoms with E-state index in [4.69, 9.17) is 0 Å². The first kappa shape index (κ1) is 21.4. The maximum absolute atomic E-state index is 13.0. The Labute approximate surface area is 170 Å². The van der Waals surface area contributed by atoms with Crippen LogP contribution >= 0.6 is 0 Å². The van der Waals surface area contributed by atoms with Crippen molar-refractivity contribution in [2.45, 2.75) is 38.6 Å². The van der Waals surface area contributed by atoms with Crippen molar-refractivity contribution in [3.05, 3.63) is 29.3 Å². The number of nitrogens with zero attached hydrogens (tertiary/aromatic N) is 4. The van der Waals surface area contributed by atoms with Gasteiger partial charge in [-0.25, -0.2) is 18.1 Å². The van der Waals surface area contributed by atoms with Gasteiger partial charge in [-0.3, -0.25) is 19.4 Å². The van der Waals surface area contributed by atoms with E-state index >= 15 is 0 Å². The number of benzene rings is 1. The second-order valence-electron chi connectivity index (χ2n) is 7.72. The van der Waals surface area contributed by atoms with E-state index in [0.29, 0.717) is 23.5 Å². The Balaban J connectivity index is 1.67. The van der Waals surface area contributed by atoms with Gasteiger partial charge in [0.25, 0.3) is 0 Å². The summed E-state index contributed by atoms with van der Waals surface area (Å²) in [6, 6.07) is 4.31. The zero-order chi connectivity index (χ0) is 21.5. The third-order valence-corrected chi connectivity index (χ3v) is 7.28. The van der Waals surface area contributed by atoms with Crippen LogP contribution in [0.25, 0.3) is 0 Å². The molecule has 0 aromatic heterocycles. The molecule has 0 radical (unpaired) electrons. The molecule has 0 atom stereocenters. The van der Waals surface area contributed by atoms with Crippen LogP contribution in [-0.2, 0) is 19.6 Å². The van der Waals surface area contributed by atoms with Gasteiger partial charge in [0.05, 0.1) is 11.6 Å². The molecule has 2 fully saturated rings. The number of piperazine rings is 1. The molecular weight excluding hydrogens is 396 g/mol. The highest BCUT2D eigenvalue weighted by atomic mass is 32.2. The first-order chi connectivity index (χ1) is 13.5. The molecule has 0 aliphatic carbocycles. The van der Waals surface area contributed by atoms with Gasteiger partial charge in [0, 0.05) is 32.2 Å². The third kappa shape index (κ3) is 3.92. The molecular formula is C19H26N4O5S. The Morgan fingerprint density at radius 3 is 2.14 bits per heavy atom. The molecule has 0 N–H and O–H groups in total. The van der Waals surface area contributed by atoms with Crippen LogP contribution < -0.4 is 0 Å². The van der Waals surface area contributed by atoms with Crippen molar-refractivity contribution < 1.29 is 22.8 Å². The molecule has 2 aliphatic rings. The standard InChI is InChI=1S/C19H26N4O5S/c1-13(2)23-18(25)17(24)22(19(23)26)12-20-7-9-21(10-8-20)29(27,28)16-11-14(3)5-6-15(16)4/h5-6,11,13H,7-10,12H2,1-4H3. The summed E-state index contributed by atoms with van der Waals surface area (Å²) in [7, 11) is -3.62. The molecule has 0 unspecified atom stereocenters. The Morgan fingerprint density at radius 2 is 1.59 bits per heavy atom. The molecule has 9 nitrogen and oxygen atoms in total. The van der Waals surface area contributed by atoms with Crippen molar-refractivity contribution in [1.29, 1.82) is 0 Å². The summed E-state index contributed by atoms with van der Waals surface area (Å²) < 4.78 is 27.4. The van der Waals surface area contributed by atoms with E-state index in [1.165, 1.54) is 4.31 Å². The monoisotopic (exact) mass is 422 g/mol. The molecule has 2 heterocycles. The maximum atomic E-state index is 13.0. The summed E-state index contributed by atoms with van der Waals surface area (Å²) in [5.41, 5.74) is 1.57. The molecule has 29 heavy (non-hydrogen) atoms. The van der Waals surface area contributed by atoms with Gasteiger partial charge in [-0.05, 0) is 44.9 Å². The molecule has 1 aromatic carbocycles. The summed E-state index contributed by atoms with van der Waals surface area (Å²) in [6.07, 6.45) is 0. The van der Waals surface area contributed by atoms with E-state index in [0.717, 1.165) is 15.4 Å². The quantitative estimate of drug-likeness (QED) is 0.513. The van der Waals surface area contributed by atoms with Crippen LogP contribution in [0, 0.1) is 13.8 Å². The Bertz CT molecular complexity index is 951. The van der Waals surface area contributed by atoms with E-state index in [-0.39, 0.29) is 19.8 Å². The molecule has 3 rings (SSSR count). The van der Waals surface area contributed by atoms with E-state index < -0.39 is 33.9 Å². The molecule has 1 aromatic rings. The molecule has 0 bridgehead atoms. The molecule has 4 amide bonds. The average molecular weight is 423 g/mol. The lowest BCUT2D eigenvalue weighted by Crippen LogP contribution is -2.52. The van der Waals surface area contributed by atoms with E-state index in [9.17, 15) is 22.8 Å². The minimum absolute atomic E-state index is 0.0238. The second-order valence-corrected chi connectivity index (χ2v) is 9.62. The summed E-state index contributed by atoms with van der Waals surface area (Å²) in [4.78, 5) is 40.6. The van der Waals surface area contributed by atoms with Gasteiger partial charge >= 0.3 is 17.8 Å². The highest BCUT2D eigenvalue weighted by molar-refractivity contribution is 7.89. The number of aryl methyl sites for hydroxylation is 2. The smallest absolute Gasteiger partial charge is 0.283 e. The van der Waals surface area contributed by atoms with Crippen molar-refractivity contribution in [2.24, 2.45) is 0 Å². The normalized spacial score (nSPS) is 19.7. The Hall–Kier alpha value is -2.30. The molecule has 2 saturated heterocycles. The van der Waals surface area contributed by atoms with Crippen molar-refractivity contribution in [3.8, 4) is 0 Å². The van der Waals surface area contributed by atoms with Crippen LogP contribution in [-0.4, -0.2) is 84.2 Å². The first-order valence-electron chi connectivity index (χ1n) is 9.53. The highest BCUT2D eigenvalue weighted by Crippen LogP contribution is 2.23. The van der Waals surface area contributed by atoms with Crippen LogP contribution in [0.5, 0.6) is 0 Å². The fraction of sp³-hybridized carbons (Fsp3) is 0.526. The third-order valence-electron chi connectivity index (χ3n) is 5.23. The SMILES string of the molecule is Cc1ccc(C)c(S(=O)(=O)N2CCN(CN3C(=O)C(=O)N(C(C)C)C3=O)CC2)c1. The zero-order valence-electron chi connectivity index (χ0n) is 17.1. The van der Waals surface area contributed by atoms with E-state index in [1.807, 2.05) is 17.9 Å². The molecule has 10 heteroatoms. The largest absolute Gasteiger partial charge is 0.335 e. The van der Waals surface area contributed by atoms with Crippen molar-refractivity contribution in [3.63, 3.8) is 0 Å². The van der Waals surface area contributed by atoms with Crippen LogP contribution in [0.2, 0.25) is 0 Å². The number of carbonyl (C=O) groups is 3. The lowest BCUT2D eigenvalue weighted by atomic mass is 10.2. The van der Waals surface area contributed by atoms with Gasteiger partial charge in [0.15, 0.2) is 0 Å². The number of rotatable bonds is 5. The number of sulfonamides is 1. The fourth-order valence-corrected chi connectivity index (χ4v) is 5.27. The summed E-state index contributed by atoms with van der Waals surface area (Å²) in [5, 5.41) is 0. The Kier molecular flexibility index (Phi) is 5.79. The van der Waals surface area contributed by atoms with Crippen LogP contribution in [0.15, 0.2) is 23.1 Å². The molecule has 0 saturated carbocycles. The van der Waals surface area contributed by atoms with Gasteiger partial charge in [-0.15, -0.1) is 0 Å². The maximum Gasteiger partial charge on any atom is 0.335 e. The number of imide groups is 2. The second kappa shape index (κ2) is 7.85. The van der Waals surface area contributed by atoms with Gasteiger partial charge in [0.2, 0.25) is 10.0 Å². The first-order valence-corrected chi connectivity index (χ1v) is 11.0. The van der Waals surface area contributed by atoms with Crippen molar-refractivity contribution in [2.75, 3.05) is 32.8 Å². The topological polar surface area (TPSA) is 98.3 Å². The summed E-state index contributed by atoms with van der Waals surface area (Å²) in [5.74, 6) is -1.66. The van der Waals surface area contributed by atoms with Gasteiger partial charge in [-0.2, -0.15) is 4.31 Å². The summed E-state index contributed by atoms with van der Waals surface area (Å²) in [6.45, 7) is 8.14. The van der Waals surface area contributed by atoms with Crippen molar-refractivity contribution >= 4 is 27.9 Å². The molecule has 0 spiro atoms. The predicted octanol–water partition coefficient (Wildman–Crippen LogP) is 0.766. The lowest BCUT2D eigenvalue weighted by molar-refractivity contribution is -0.144. The Morgan fingerprint density at radius 1 is 0.966 bits per heavy atom. The van der Waals surface area contributed by atoms with Crippen LogP contribution in [0.4, 0.5) is 4.79 Å². The number of hydrogen-bond acceptors (Lipinski definition) is 6. The zero-order valence-corrected chi connectivity index (χ0v) is 17.9. The number of carbonyl (C=O) groups excluding carboxylic acids is 3. The van der Waals surface area contributed by atoms with E-state index in [1.54, 1.807) is 32.9 Å². The van der Waals surface area contributed by atoms with Gasteiger partial charge < -0.3 is 0 Å². The number of hydrogen-bond donors (Lipinski definition) is 0. The number of urea groups is 1. The predicted molar refractivity (Wildman–Crippen MR) is 105 cm³/mol. The average Bonchev–Trinajstić information content (AvgIpc) is 2.87. The summed E-state index contributed by atoms with van der Waals surface area (Å²) >= 11 is 0. The highest BCUT2D eigenvalue weighted by Gasteiger charge is 2.46. The van der Waals surface area contributed by atoms with E-state index in [2.05, 4.69) is 0 Å². The van der Waals surface area contributed by atoms with Gasteiger partial charge in [0.1, 0.15) is 0 Å². The fourth-order valence-electron chi connectivity index (χ4n) is 3.54. The lowest BCUT2D eigenvalue weighted by Gasteiger charge is -2.35. The van der Waals surface area contributed by atoms with Crippen LogP contribution in [0.3, 0.4) is 0 Å². The van der Waals surface area contributed by atoms with Crippen molar-refractivity contribution in [1.82, 2.24) is 19.0 Å². The molecule has 158 valence electrons.